The number of aliphatic carboxylic acids is 1. The maximum Gasteiger partial charge on any atom is 0.307 e. The molecule has 0 aromatic rings. The van der Waals surface area contributed by atoms with E-state index in [9.17, 15) is 4.79 Å². The van der Waals surface area contributed by atoms with Gasteiger partial charge in [0.25, 0.3) is 0 Å². The summed E-state index contributed by atoms with van der Waals surface area (Å²) in [6, 6.07) is 0. The minimum atomic E-state index is -0.705. The van der Waals surface area contributed by atoms with Gasteiger partial charge in [0.05, 0.1) is 5.92 Å². The molecule has 3 heteroatoms. The van der Waals surface area contributed by atoms with Gasteiger partial charge in [0.2, 0.25) is 0 Å². The lowest BCUT2D eigenvalue weighted by Gasteiger charge is -2.29. The first-order chi connectivity index (χ1) is 4.98. The molecule has 0 rings (SSSR count). The van der Waals surface area contributed by atoms with Crippen LogP contribution >= 0.6 is 11.8 Å². The molecular formula is C8H16O2S. The van der Waals surface area contributed by atoms with Crippen molar-refractivity contribution in [3.05, 3.63) is 0 Å². The Morgan fingerprint density at radius 1 is 1.73 bits per heavy atom. The lowest BCUT2D eigenvalue weighted by Crippen LogP contribution is -2.33. The number of thioether (sulfide) groups is 1. The van der Waals surface area contributed by atoms with Gasteiger partial charge >= 0.3 is 5.97 Å². The van der Waals surface area contributed by atoms with Gasteiger partial charge in [-0.2, -0.15) is 11.8 Å². The molecule has 0 spiro atoms. The van der Waals surface area contributed by atoms with Crippen molar-refractivity contribution in [2.75, 3.05) is 6.26 Å². The van der Waals surface area contributed by atoms with Crippen LogP contribution in [-0.4, -0.2) is 22.1 Å². The molecule has 0 fully saturated rings. The molecule has 0 aliphatic rings. The van der Waals surface area contributed by atoms with Crippen LogP contribution in [0.5, 0.6) is 0 Å². The molecule has 0 aromatic heterocycles. The van der Waals surface area contributed by atoms with E-state index in [-0.39, 0.29) is 10.7 Å². The van der Waals surface area contributed by atoms with Crippen molar-refractivity contribution < 1.29 is 9.90 Å². The van der Waals surface area contributed by atoms with E-state index in [0.29, 0.717) is 0 Å². The average Bonchev–Trinajstić information content (AvgIpc) is 2.01. The second-order valence-corrected chi connectivity index (χ2v) is 4.27. The highest BCUT2D eigenvalue weighted by molar-refractivity contribution is 8.00. The van der Waals surface area contributed by atoms with Crippen molar-refractivity contribution >= 4 is 17.7 Å². The monoisotopic (exact) mass is 176 g/mol. The third kappa shape index (κ3) is 2.40. The first-order valence-electron chi connectivity index (χ1n) is 3.76. The van der Waals surface area contributed by atoms with E-state index >= 15 is 0 Å². The molecule has 0 aromatic carbocycles. The van der Waals surface area contributed by atoms with Crippen molar-refractivity contribution in [1.29, 1.82) is 0 Å². The topological polar surface area (TPSA) is 37.3 Å². The Hall–Kier alpha value is -0.180. The van der Waals surface area contributed by atoms with Crippen LogP contribution in [-0.2, 0) is 4.79 Å². The van der Waals surface area contributed by atoms with E-state index in [1.807, 2.05) is 20.1 Å². The standard InChI is InChI=1S/C8H16O2S/c1-5-8(3,11-4)6(2)7(9)10/h6H,5H2,1-4H3,(H,9,10). The molecule has 1 N–H and O–H groups in total. The maximum atomic E-state index is 10.7. The molecule has 0 aliphatic heterocycles. The molecule has 2 nitrogen and oxygen atoms in total. The van der Waals surface area contributed by atoms with Gasteiger partial charge in [-0.05, 0) is 19.6 Å². The molecule has 0 amide bonds. The van der Waals surface area contributed by atoms with Gasteiger partial charge < -0.3 is 5.11 Å². The van der Waals surface area contributed by atoms with Crippen molar-refractivity contribution in [3.63, 3.8) is 0 Å². The van der Waals surface area contributed by atoms with Gasteiger partial charge in [-0.25, -0.2) is 0 Å². The Morgan fingerprint density at radius 3 is 2.27 bits per heavy atom. The van der Waals surface area contributed by atoms with Gasteiger partial charge in [-0.15, -0.1) is 0 Å². The predicted octanol–water partition coefficient (Wildman–Crippen LogP) is 2.24. The lowest BCUT2D eigenvalue weighted by molar-refractivity contribution is -0.142. The van der Waals surface area contributed by atoms with Crippen molar-refractivity contribution in [1.82, 2.24) is 0 Å². The summed E-state index contributed by atoms with van der Waals surface area (Å²) in [7, 11) is 0. The highest BCUT2D eigenvalue weighted by atomic mass is 32.2. The number of carboxylic acid groups (broad SMARTS) is 1. The van der Waals surface area contributed by atoms with E-state index in [0.717, 1.165) is 6.42 Å². The highest BCUT2D eigenvalue weighted by Crippen LogP contribution is 2.34. The molecule has 0 saturated carbocycles. The van der Waals surface area contributed by atoms with Crippen molar-refractivity contribution in [2.45, 2.75) is 31.9 Å². The third-order valence-corrected chi connectivity index (χ3v) is 4.03. The minimum Gasteiger partial charge on any atom is -0.481 e. The van der Waals surface area contributed by atoms with E-state index < -0.39 is 5.97 Å². The SMILES string of the molecule is CCC(C)(SC)C(C)C(=O)O. The zero-order chi connectivity index (χ0) is 9.07. The van der Waals surface area contributed by atoms with Gasteiger partial charge in [-0.3, -0.25) is 4.79 Å². The first-order valence-corrected chi connectivity index (χ1v) is 4.98. The molecule has 0 heterocycles. The van der Waals surface area contributed by atoms with Gasteiger partial charge in [0, 0.05) is 4.75 Å². The average molecular weight is 176 g/mol. The Bertz CT molecular complexity index is 141. The van der Waals surface area contributed by atoms with Crippen LogP contribution in [0, 0.1) is 5.92 Å². The Labute approximate surface area is 72.4 Å². The number of carboxylic acids is 1. The van der Waals surface area contributed by atoms with E-state index in [1.165, 1.54) is 0 Å². The quantitative estimate of drug-likeness (QED) is 0.713. The molecule has 0 radical (unpaired) electrons. The zero-order valence-corrected chi connectivity index (χ0v) is 8.36. The van der Waals surface area contributed by atoms with Crippen LogP contribution in [0.25, 0.3) is 0 Å². The number of carbonyl (C=O) groups is 1. The smallest absolute Gasteiger partial charge is 0.307 e. The summed E-state index contributed by atoms with van der Waals surface area (Å²) < 4.78 is -0.119. The second kappa shape index (κ2) is 4.00. The molecule has 66 valence electrons. The highest BCUT2D eigenvalue weighted by Gasteiger charge is 2.33. The Kier molecular flexibility index (Phi) is 3.93. The molecule has 0 saturated heterocycles. The van der Waals surface area contributed by atoms with Crippen LogP contribution in [0.3, 0.4) is 0 Å². The van der Waals surface area contributed by atoms with Crippen LogP contribution in [0.1, 0.15) is 27.2 Å². The van der Waals surface area contributed by atoms with Crippen LogP contribution < -0.4 is 0 Å². The minimum absolute atomic E-state index is 0.119. The molecule has 0 bridgehead atoms. The molecule has 2 atom stereocenters. The summed E-state index contributed by atoms with van der Waals surface area (Å²) >= 11 is 1.63. The fourth-order valence-corrected chi connectivity index (χ4v) is 1.63. The van der Waals surface area contributed by atoms with E-state index in [2.05, 4.69) is 0 Å². The van der Waals surface area contributed by atoms with Crippen LogP contribution in [0.4, 0.5) is 0 Å². The summed E-state index contributed by atoms with van der Waals surface area (Å²) in [6.45, 7) is 5.79. The summed E-state index contributed by atoms with van der Waals surface area (Å²) in [5, 5.41) is 8.77. The fraction of sp³-hybridized carbons (Fsp3) is 0.875. The van der Waals surface area contributed by atoms with Gasteiger partial charge in [0.15, 0.2) is 0 Å². The van der Waals surface area contributed by atoms with E-state index in [1.54, 1.807) is 18.7 Å². The number of rotatable bonds is 4. The van der Waals surface area contributed by atoms with Gasteiger partial charge in [0.1, 0.15) is 0 Å². The summed E-state index contributed by atoms with van der Waals surface area (Å²) in [5.74, 6) is -0.980. The van der Waals surface area contributed by atoms with Crippen molar-refractivity contribution in [3.8, 4) is 0 Å². The summed E-state index contributed by atoms with van der Waals surface area (Å²) in [4.78, 5) is 10.7. The Morgan fingerprint density at radius 2 is 2.18 bits per heavy atom. The third-order valence-electron chi connectivity index (χ3n) is 2.45. The molecule has 2 unspecified atom stereocenters. The van der Waals surface area contributed by atoms with Crippen LogP contribution in [0.2, 0.25) is 0 Å². The maximum absolute atomic E-state index is 10.7. The second-order valence-electron chi connectivity index (χ2n) is 2.93. The summed E-state index contributed by atoms with van der Waals surface area (Å²) in [6.07, 6.45) is 2.85. The molecule has 11 heavy (non-hydrogen) atoms. The largest absolute Gasteiger partial charge is 0.481 e. The molecule has 0 aliphatic carbocycles. The fourth-order valence-electron chi connectivity index (χ4n) is 0.888. The normalized spacial score (nSPS) is 18.9. The molecular weight excluding hydrogens is 160 g/mol. The van der Waals surface area contributed by atoms with Crippen LogP contribution in [0.15, 0.2) is 0 Å². The Balaban J connectivity index is 4.36. The zero-order valence-electron chi connectivity index (χ0n) is 7.55. The van der Waals surface area contributed by atoms with Crippen molar-refractivity contribution in [2.24, 2.45) is 5.92 Å². The predicted molar refractivity (Wildman–Crippen MR) is 49.0 cm³/mol. The first kappa shape index (κ1) is 10.8. The summed E-state index contributed by atoms with van der Waals surface area (Å²) in [5.41, 5.74) is 0. The van der Waals surface area contributed by atoms with Gasteiger partial charge in [-0.1, -0.05) is 13.8 Å². The lowest BCUT2D eigenvalue weighted by atomic mass is 9.93. The van der Waals surface area contributed by atoms with E-state index in [4.69, 9.17) is 5.11 Å². The number of hydrogen-bond acceptors (Lipinski definition) is 2. The number of hydrogen-bond donors (Lipinski definition) is 1.